The summed E-state index contributed by atoms with van der Waals surface area (Å²) in [6.45, 7) is 8.09. The molecule has 19 aromatic rings. The number of allylic oxidation sites excluding steroid dienone is 1. The number of nitrogens with zero attached hydrogens (tertiary/aromatic N) is 8. The average molecular weight is 2130 g/mol. The number of carbonyl (C=O) groups excluding carboxylic acids is 2. The van der Waals surface area contributed by atoms with Crippen LogP contribution in [-0.4, -0.2) is 76.7 Å². The maximum Gasteiger partial charge on any atom is 0.334 e. The van der Waals surface area contributed by atoms with Crippen LogP contribution >= 0.6 is 95.6 Å². The monoisotopic (exact) mass is 2120 g/mol. The molecule has 23 heteroatoms. The number of carbonyl (C=O) groups is 2. The van der Waals surface area contributed by atoms with Crippen molar-refractivity contribution in [1.29, 1.82) is 0 Å². The quantitative estimate of drug-likeness (QED) is 0.0516. The lowest BCUT2D eigenvalue weighted by Crippen LogP contribution is -2.30. The molecule has 11 heterocycles. The maximum atomic E-state index is 13.2. The van der Waals surface area contributed by atoms with Gasteiger partial charge < -0.3 is 43.8 Å². The fraction of sp³-hybridized carbons (Fsp3) is 0.239. The molecule has 1 aliphatic heterocycles. The van der Waals surface area contributed by atoms with Crippen molar-refractivity contribution in [3.05, 3.63) is 362 Å². The maximum absolute atomic E-state index is 13.2. The first-order valence-corrected chi connectivity index (χ1v) is 50.8. The molecule has 26 rings (SSSR count). The van der Waals surface area contributed by atoms with Crippen molar-refractivity contribution in [2.45, 2.75) is 160 Å². The number of aromatic amines is 5. The third-order valence-corrected chi connectivity index (χ3v) is 30.3. The van der Waals surface area contributed by atoms with Crippen molar-refractivity contribution in [1.82, 2.24) is 63.7 Å². The lowest BCUT2D eigenvalue weighted by Gasteiger charge is -2.27. The van der Waals surface area contributed by atoms with Gasteiger partial charge in [0.2, 0.25) is 5.89 Å². The van der Waals surface area contributed by atoms with E-state index in [1.807, 2.05) is 127 Å². The van der Waals surface area contributed by atoms with Crippen molar-refractivity contribution in [2.24, 2.45) is 0 Å². The fourth-order valence-corrected chi connectivity index (χ4v) is 23.4. The molecule has 4 unspecified atom stereocenters. The summed E-state index contributed by atoms with van der Waals surface area (Å²) in [5, 5.41) is 16.3. The van der Waals surface area contributed by atoms with Crippen LogP contribution in [0.4, 0.5) is 10.5 Å². The van der Waals surface area contributed by atoms with E-state index in [1.165, 1.54) is 183 Å². The van der Waals surface area contributed by atoms with Crippen LogP contribution in [0.1, 0.15) is 192 Å². The average Bonchev–Trinajstić information content (AvgIpc) is 1.55. The van der Waals surface area contributed by atoms with Crippen LogP contribution in [-0.2, 0) is 51.5 Å². The SMILES string of the molecule is Brc1ccc2[nH]c3c(c2c1)CCCC3NCCCn1ccnc1.Brc1ccc2[nH]c3c(c2c1)CCCC3c1ncc(-c2ccccc2)o1.Brc1ccc2[nH]c3c(c2c1)CCc1cnn(-c2ccccc2)c1-3.C=C1CCCc2c1[nH]c1cc(Br)ccc21.CCC(=O)c1ccn(C2CCCc3c2[nH]c2ccc(Br)cc32)c1.O=C1N(c2ccccc2)C2CCCc3c2n1c1ccc(Br)cc31. The number of nitrogens with one attached hydrogen (secondary N) is 6. The van der Waals surface area contributed by atoms with Gasteiger partial charge in [0.1, 0.15) is 0 Å². The number of ketones is 1. The Labute approximate surface area is 815 Å². The largest absolute Gasteiger partial charge is 0.440 e. The summed E-state index contributed by atoms with van der Waals surface area (Å²) in [5.74, 6) is 2.06. The number of hydrogen-bond donors (Lipinski definition) is 6. The highest BCUT2D eigenvalue weighted by molar-refractivity contribution is 9.11. The van der Waals surface area contributed by atoms with E-state index in [0.717, 1.165) is 157 Å². The first kappa shape index (κ1) is 87.5. The Bertz CT molecular complexity index is 7530. The Balaban J connectivity index is 0.0000000960. The predicted octanol–water partition coefficient (Wildman–Crippen LogP) is 29.9. The van der Waals surface area contributed by atoms with Crippen LogP contribution < -0.4 is 10.2 Å². The number of H-pyrrole nitrogens is 5. The minimum Gasteiger partial charge on any atom is -0.440 e. The van der Waals surface area contributed by atoms with Crippen LogP contribution in [0.15, 0.2) is 288 Å². The van der Waals surface area contributed by atoms with Crippen LogP contribution in [0.5, 0.6) is 0 Å². The minimum atomic E-state index is 0.0803. The van der Waals surface area contributed by atoms with E-state index in [-0.39, 0.29) is 23.8 Å². The van der Waals surface area contributed by atoms with E-state index in [9.17, 15) is 9.59 Å². The molecule has 10 aromatic heterocycles. The van der Waals surface area contributed by atoms with Gasteiger partial charge >= 0.3 is 6.03 Å². The summed E-state index contributed by atoms with van der Waals surface area (Å²) in [4.78, 5) is 53.7. The number of Topliss-reactive ketones (excluding diaryl/α,β-unsaturated/α-hetero) is 1. The van der Waals surface area contributed by atoms with Gasteiger partial charge in [-0.3, -0.25) is 14.3 Å². The van der Waals surface area contributed by atoms with Crippen LogP contribution in [0.25, 0.3) is 99.4 Å². The van der Waals surface area contributed by atoms with Crippen molar-refractivity contribution in [2.75, 3.05) is 11.4 Å². The number of aryl methyl sites for hydroxylation is 8. The Morgan fingerprint density at radius 2 is 1.07 bits per heavy atom. The minimum absolute atomic E-state index is 0.0803. The number of amides is 1. The number of para-hydroxylation sites is 2. The van der Waals surface area contributed by atoms with Gasteiger partial charge in [-0.2, -0.15) is 5.10 Å². The first-order chi connectivity index (χ1) is 64.6. The molecule has 1 amide bonds. The van der Waals surface area contributed by atoms with Gasteiger partial charge in [-0.05, 0) is 295 Å². The van der Waals surface area contributed by atoms with Crippen LogP contribution in [0, 0.1) is 0 Å². The zero-order valence-electron chi connectivity index (χ0n) is 73.1. The number of aromatic nitrogens is 12. The smallest absolute Gasteiger partial charge is 0.334 e. The summed E-state index contributed by atoms with van der Waals surface area (Å²) >= 11 is 21.4. The zero-order chi connectivity index (χ0) is 89.8. The molecule has 0 bridgehead atoms. The molecule has 0 fully saturated rings. The topological polar surface area (TPSA) is 200 Å². The molecule has 0 spiro atoms. The van der Waals surface area contributed by atoms with E-state index in [1.54, 1.807) is 0 Å². The number of benzene rings is 9. The molecule has 664 valence electrons. The molecule has 17 nitrogen and oxygen atoms in total. The second kappa shape index (κ2) is 38.1. The van der Waals surface area contributed by atoms with Crippen molar-refractivity contribution in [3.63, 3.8) is 0 Å². The van der Waals surface area contributed by atoms with Gasteiger partial charge in [0.05, 0.1) is 65.0 Å². The number of anilines is 1. The molecule has 0 radical (unpaired) electrons. The van der Waals surface area contributed by atoms with Crippen molar-refractivity contribution < 1.29 is 14.0 Å². The van der Waals surface area contributed by atoms with E-state index in [4.69, 9.17) is 4.42 Å². The van der Waals surface area contributed by atoms with Gasteiger partial charge in [0, 0.05) is 176 Å². The van der Waals surface area contributed by atoms with Gasteiger partial charge in [-0.1, -0.05) is 182 Å². The van der Waals surface area contributed by atoms with Crippen molar-refractivity contribution >= 4 is 184 Å². The third kappa shape index (κ3) is 17.3. The summed E-state index contributed by atoms with van der Waals surface area (Å²) in [6.07, 6.45) is 34.5. The molecule has 132 heavy (non-hydrogen) atoms. The highest BCUT2D eigenvalue weighted by Gasteiger charge is 2.44. The number of rotatable bonds is 12. The molecule has 6 N–H and O–H groups in total. The van der Waals surface area contributed by atoms with Crippen LogP contribution in [0.2, 0.25) is 0 Å². The molecule has 0 saturated heterocycles. The normalized spacial score (nSPS) is 16.7. The third-order valence-electron chi connectivity index (χ3n) is 27.4. The van der Waals surface area contributed by atoms with Gasteiger partial charge in [0.15, 0.2) is 11.5 Å². The highest BCUT2D eigenvalue weighted by atomic mass is 79.9. The van der Waals surface area contributed by atoms with E-state index < -0.39 is 0 Å². The lowest BCUT2D eigenvalue weighted by atomic mass is 9.86. The highest BCUT2D eigenvalue weighted by Crippen LogP contribution is 2.49. The summed E-state index contributed by atoms with van der Waals surface area (Å²) in [6, 6.07) is 71.9. The standard InChI is InChI=1S/C21H17BrN2O.C19H14BrN3.C19H15BrN2O.C19H19BrN2O.C18H21BrN4.C13H12BrN/c22-14-9-10-18-17(11-14)15-7-4-8-16(20(15)24-18)21-23-12-19(25-21)13-5-2-1-3-6-13;20-13-7-9-17-16(10-13)15-8-6-12-11-21-23(19(12)18(15)22-17)14-4-2-1-3-5-14;20-12-9-10-16-15(11-12)14-7-4-8-17-18(14)22(16)19(23)21(17)13-5-2-1-3-6-13;1-2-18(23)12-8-9-22(11-12)17-5-3-4-14-15-10-13(20)6-7-16(15)21-19(14)17;19-13-5-6-16-15(11-13)14-3-1-4-17(18(14)22-16)21-7-2-9-23-10-8-20-12-23;1-8-3-2-4-11-10-6-5-9(14)7-12(10)15-13(8)11/h1-3,5-6,9-12,16,24H,4,7-8H2;1-5,7,9-11,22H,6,8H2;1-3,5-6,9-11,17H,4,7-8H2;6-11,17,21H,2-5H2,1H3;5-6,8,10-12,17,21-22H,1-4,7,9H2;5-7,15H,1-4H2. The molecule has 6 aliphatic carbocycles. The van der Waals surface area contributed by atoms with E-state index >= 15 is 0 Å². The Morgan fingerprint density at radius 1 is 0.508 bits per heavy atom. The molecule has 4 atom stereocenters. The van der Waals surface area contributed by atoms with Gasteiger partial charge in [-0.25, -0.2) is 19.4 Å². The lowest BCUT2D eigenvalue weighted by molar-refractivity contribution is 0.0988. The molecular weight excluding hydrogens is 2030 g/mol. The molecule has 9 aromatic carbocycles. The summed E-state index contributed by atoms with van der Waals surface area (Å²) in [5.41, 5.74) is 31.0. The summed E-state index contributed by atoms with van der Waals surface area (Å²) < 4.78 is 21.2. The predicted molar refractivity (Wildman–Crippen MR) is 554 cm³/mol. The fourth-order valence-electron chi connectivity index (χ4n) is 21.2. The van der Waals surface area contributed by atoms with E-state index in [0.29, 0.717) is 18.5 Å². The Hall–Kier alpha value is -11.2. The second-order valence-corrected chi connectivity index (χ2v) is 40.9. The second-order valence-electron chi connectivity index (χ2n) is 35.4. The van der Waals surface area contributed by atoms with Gasteiger partial charge in [-0.15, -0.1) is 0 Å². The number of hydrogen-bond acceptors (Lipinski definition) is 7. The Morgan fingerprint density at radius 3 is 1.75 bits per heavy atom. The van der Waals surface area contributed by atoms with Crippen LogP contribution in [0.3, 0.4) is 0 Å². The van der Waals surface area contributed by atoms with Crippen molar-refractivity contribution in [3.8, 4) is 28.4 Å². The zero-order valence-corrected chi connectivity index (χ0v) is 82.6. The number of halogens is 6. The number of imidazole rings is 1. The van der Waals surface area contributed by atoms with E-state index in [2.05, 4.69) is 301 Å². The number of fused-ring (bicyclic) bond motifs is 20. The van der Waals surface area contributed by atoms with Gasteiger partial charge in [0.25, 0.3) is 0 Å². The molecule has 7 aliphatic rings. The first-order valence-electron chi connectivity index (χ1n) is 46.0. The number of oxazole rings is 1. The Kier molecular flexibility index (Phi) is 25.2. The molecular formula is C109H98Br6N14O3. The molecule has 0 saturated carbocycles. The summed E-state index contributed by atoms with van der Waals surface area (Å²) in [7, 11) is 0.